The number of carboxylic acids is 1. The minimum absolute atomic E-state index is 0.0630. The summed E-state index contributed by atoms with van der Waals surface area (Å²) in [7, 11) is 1.46. The number of carbonyl (C=O) groups excluding carboxylic acids is 1. The monoisotopic (exact) mass is 367 g/mol. The smallest absolute Gasteiger partial charge is 0.333 e. The topological polar surface area (TPSA) is 87.4 Å². The van der Waals surface area contributed by atoms with Crippen LogP contribution in [0.15, 0.2) is 12.2 Å². The fourth-order valence-electron chi connectivity index (χ4n) is 5.07. The molecule has 2 bridgehead atoms. The number of hydrogen-bond acceptors (Lipinski definition) is 5. The normalized spacial score (nSPS) is 31.4. The number of esters is 1. The fraction of sp³-hybridized carbons (Fsp3) is 0.737. The van der Waals surface area contributed by atoms with Gasteiger partial charge in [-0.2, -0.15) is 5.26 Å². The highest BCUT2D eigenvalue weighted by Crippen LogP contribution is 2.76. The standard InChI is InChI=1S/C16H26O2.C3H3NO2S/c1-7-16(11(2)13(17)18-6)10-12-8-9-15(16,5)14(12,3)4;4-2-7-1-3(5)6/h12H,2,7-10H2,1,3-6H3;1H2,(H,5,6)/t12-,15+,16?;/m1./s1. The third kappa shape index (κ3) is 3.44. The molecule has 0 aromatic rings. The minimum atomic E-state index is -0.952. The highest BCUT2D eigenvalue weighted by molar-refractivity contribution is 8.04. The Balaban J connectivity index is 0.000000381. The Labute approximate surface area is 154 Å². The Bertz CT molecular complexity index is 595. The van der Waals surface area contributed by atoms with Crippen molar-refractivity contribution >= 4 is 23.7 Å². The number of ether oxygens (including phenoxy) is 1. The summed E-state index contributed by atoms with van der Waals surface area (Å²) >= 11 is 0.722. The highest BCUT2D eigenvalue weighted by Gasteiger charge is 2.69. The number of thioether (sulfide) groups is 1. The van der Waals surface area contributed by atoms with E-state index in [0.717, 1.165) is 24.6 Å². The third-order valence-corrected chi connectivity index (χ3v) is 7.48. The quantitative estimate of drug-likeness (QED) is 0.444. The number of aliphatic carboxylic acids is 1. The Kier molecular flexibility index (Phi) is 6.74. The number of thiocyanates is 1. The fourth-order valence-corrected chi connectivity index (χ4v) is 5.26. The van der Waals surface area contributed by atoms with Crippen molar-refractivity contribution in [2.45, 2.75) is 53.4 Å². The van der Waals surface area contributed by atoms with E-state index in [1.54, 1.807) is 5.40 Å². The van der Waals surface area contributed by atoms with Gasteiger partial charge in [-0.05, 0) is 54.2 Å². The Morgan fingerprint density at radius 3 is 2.28 bits per heavy atom. The number of fused-ring (bicyclic) bond motifs is 2. The molecule has 2 aliphatic carbocycles. The molecule has 6 heteroatoms. The molecule has 1 N–H and O–H groups in total. The van der Waals surface area contributed by atoms with Gasteiger partial charge >= 0.3 is 11.9 Å². The van der Waals surface area contributed by atoms with Crippen LogP contribution in [0.25, 0.3) is 0 Å². The largest absolute Gasteiger partial charge is 0.481 e. The van der Waals surface area contributed by atoms with E-state index in [1.807, 2.05) is 0 Å². The van der Waals surface area contributed by atoms with E-state index in [2.05, 4.69) is 34.3 Å². The number of carbonyl (C=O) groups is 2. The second kappa shape index (κ2) is 7.82. The molecule has 2 saturated carbocycles. The van der Waals surface area contributed by atoms with E-state index >= 15 is 0 Å². The van der Waals surface area contributed by atoms with Gasteiger partial charge in [-0.1, -0.05) is 34.3 Å². The molecule has 0 heterocycles. The average Bonchev–Trinajstić information content (AvgIpc) is 2.90. The van der Waals surface area contributed by atoms with Crippen molar-refractivity contribution in [1.82, 2.24) is 0 Å². The van der Waals surface area contributed by atoms with Crippen molar-refractivity contribution in [3.05, 3.63) is 12.2 Å². The first-order valence-electron chi connectivity index (χ1n) is 8.54. The molecule has 0 aliphatic heterocycles. The maximum absolute atomic E-state index is 12.0. The van der Waals surface area contributed by atoms with Crippen molar-refractivity contribution in [2.24, 2.45) is 22.2 Å². The molecular formula is C19H29NO4S. The van der Waals surface area contributed by atoms with Gasteiger partial charge in [-0.3, -0.25) is 4.79 Å². The van der Waals surface area contributed by atoms with Crippen LogP contribution in [0.3, 0.4) is 0 Å². The van der Waals surface area contributed by atoms with Crippen LogP contribution in [0.2, 0.25) is 0 Å². The molecule has 0 saturated heterocycles. The van der Waals surface area contributed by atoms with E-state index in [0.29, 0.717) is 16.9 Å². The summed E-state index contributed by atoms with van der Waals surface area (Å²) < 4.78 is 4.93. The molecule has 3 atom stereocenters. The summed E-state index contributed by atoms with van der Waals surface area (Å²) in [5.41, 5.74) is 1.10. The van der Waals surface area contributed by atoms with Crippen molar-refractivity contribution in [1.29, 1.82) is 5.26 Å². The SMILES string of the molecule is C=C(C(=O)OC)C1(CC)C[C@H]2CC[C@@]1(C)C2(C)C.N#CSCC(=O)O. The molecular weight excluding hydrogens is 338 g/mol. The van der Waals surface area contributed by atoms with Crippen LogP contribution in [-0.2, 0) is 14.3 Å². The molecule has 5 nitrogen and oxygen atoms in total. The van der Waals surface area contributed by atoms with Gasteiger partial charge in [0.05, 0.1) is 7.11 Å². The highest BCUT2D eigenvalue weighted by atomic mass is 32.2. The molecule has 2 fully saturated rings. The number of nitrogens with zero attached hydrogens (tertiary/aromatic N) is 1. The lowest BCUT2D eigenvalue weighted by Gasteiger charge is -2.49. The zero-order valence-electron chi connectivity index (χ0n) is 15.8. The summed E-state index contributed by atoms with van der Waals surface area (Å²) in [6, 6.07) is 0. The summed E-state index contributed by atoms with van der Waals surface area (Å²) in [5.74, 6) is -0.590. The molecule has 1 unspecified atom stereocenters. The van der Waals surface area contributed by atoms with Crippen LogP contribution < -0.4 is 0 Å². The molecule has 2 rings (SSSR count). The van der Waals surface area contributed by atoms with Crippen molar-refractivity contribution < 1.29 is 19.4 Å². The summed E-state index contributed by atoms with van der Waals surface area (Å²) in [5, 5.41) is 17.3. The van der Waals surface area contributed by atoms with Crippen molar-refractivity contribution in [3.63, 3.8) is 0 Å². The maximum atomic E-state index is 12.0. The van der Waals surface area contributed by atoms with E-state index in [1.165, 1.54) is 20.0 Å². The molecule has 0 amide bonds. The zero-order chi connectivity index (χ0) is 19.5. The molecule has 0 aromatic carbocycles. The zero-order valence-corrected chi connectivity index (χ0v) is 16.7. The predicted molar refractivity (Wildman–Crippen MR) is 98.8 cm³/mol. The number of methoxy groups -OCH3 is 1. The first-order chi connectivity index (χ1) is 11.5. The number of carboxylic acid groups (broad SMARTS) is 1. The second-order valence-electron chi connectivity index (χ2n) is 7.67. The third-order valence-electron chi connectivity index (χ3n) is 6.96. The number of rotatable bonds is 5. The van der Waals surface area contributed by atoms with Crippen LogP contribution in [0.1, 0.15) is 53.4 Å². The number of hydrogen-bond donors (Lipinski definition) is 1. The van der Waals surface area contributed by atoms with Gasteiger partial charge in [-0.15, -0.1) is 0 Å². The first-order valence-corrected chi connectivity index (χ1v) is 9.53. The van der Waals surface area contributed by atoms with Gasteiger partial charge in [-0.25, -0.2) is 4.79 Å². The van der Waals surface area contributed by atoms with E-state index in [9.17, 15) is 9.59 Å². The molecule has 0 aromatic heterocycles. The van der Waals surface area contributed by atoms with Crippen LogP contribution in [-0.4, -0.2) is 29.9 Å². The van der Waals surface area contributed by atoms with Gasteiger partial charge in [0.15, 0.2) is 0 Å². The minimum Gasteiger partial charge on any atom is -0.481 e. The second-order valence-corrected chi connectivity index (χ2v) is 8.43. The molecule has 140 valence electrons. The van der Waals surface area contributed by atoms with Crippen molar-refractivity contribution in [2.75, 3.05) is 12.9 Å². The molecule has 2 aliphatic rings. The van der Waals surface area contributed by atoms with Crippen molar-refractivity contribution in [3.8, 4) is 5.40 Å². The van der Waals surface area contributed by atoms with Crippen LogP contribution >= 0.6 is 11.8 Å². The lowest BCUT2D eigenvalue weighted by atomic mass is 9.54. The lowest BCUT2D eigenvalue weighted by Crippen LogP contribution is -2.44. The summed E-state index contributed by atoms with van der Waals surface area (Å²) in [6.45, 7) is 13.4. The van der Waals surface area contributed by atoms with Gasteiger partial charge in [0.1, 0.15) is 11.2 Å². The van der Waals surface area contributed by atoms with Gasteiger partial charge in [0.25, 0.3) is 0 Å². The van der Waals surface area contributed by atoms with Gasteiger partial charge in [0.2, 0.25) is 0 Å². The van der Waals surface area contributed by atoms with E-state index in [-0.39, 0.29) is 22.6 Å². The summed E-state index contributed by atoms with van der Waals surface area (Å²) in [4.78, 5) is 21.6. The summed E-state index contributed by atoms with van der Waals surface area (Å²) in [6.07, 6.45) is 4.58. The van der Waals surface area contributed by atoms with Crippen LogP contribution in [0, 0.1) is 32.8 Å². The average molecular weight is 368 g/mol. The van der Waals surface area contributed by atoms with Crippen LogP contribution in [0.5, 0.6) is 0 Å². The van der Waals surface area contributed by atoms with E-state index in [4.69, 9.17) is 15.1 Å². The predicted octanol–water partition coefficient (Wildman–Crippen LogP) is 4.24. The number of nitriles is 1. The van der Waals surface area contributed by atoms with Gasteiger partial charge in [0, 0.05) is 11.0 Å². The molecule has 0 radical (unpaired) electrons. The molecule has 0 spiro atoms. The maximum Gasteiger partial charge on any atom is 0.333 e. The Morgan fingerprint density at radius 2 is 2.00 bits per heavy atom. The Morgan fingerprint density at radius 1 is 1.40 bits per heavy atom. The van der Waals surface area contributed by atoms with Gasteiger partial charge < -0.3 is 9.84 Å². The molecule has 25 heavy (non-hydrogen) atoms. The lowest BCUT2D eigenvalue weighted by molar-refractivity contribution is -0.139. The first kappa shape index (κ1) is 21.6. The van der Waals surface area contributed by atoms with E-state index < -0.39 is 5.97 Å². The Hall–Kier alpha value is -1.48. The van der Waals surface area contributed by atoms with Crippen LogP contribution in [0.4, 0.5) is 0 Å².